The van der Waals surface area contributed by atoms with Gasteiger partial charge in [0.1, 0.15) is 0 Å². The summed E-state index contributed by atoms with van der Waals surface area (Å²) in [5.41, 5.74) is 8.66. The molecule has 0 aliphatic carbocycles. The van der Waals surface area contributed by atoms with Crippen LogP contribution in [0.25, 0.3) is 0 Å². The Morgan fingerprint density at radius 3 is 3.13 bits per heavy atom. The van der Waals surface area contributed by atoms with E-state index in [-0.39, 0.29) is 0 Å². The Kier molecular flexibility index (Phi) is 3.71. The van der Waals surface area contributed by atoms with Gasteiger partial charge in [-0.05, 0) is 54.7 Å². The number of rotatable bonds is 3. The molecule has 1 aromatic carbocycles. The first kappa shape index (κ1) is 11.0. The van der Waals surface area contributed by atoms with Crippen LogP contribution in [0.4, 0.5) is 0 Å². The van der Waals surface area contributed by atoms with Gasteiger partial charge in [0, 0.05) is 4.90 Å². The topological polar surface area (TPSA) is 26.0 Å². The van der Waals surface area contributed by atoms with Crippen molar-refractivity contribution in [3.05, 3.63) is 29.3 Å². The fourth-order valence-corrected chi connectivity index (χ4v) is 3.05. The highest BCUT2D eigenvalue weighted by Gasteiger charge is 2.10. The van der Waals surface area contributed by atoms with E-state index in [1.165, 1.54) is 29.1 Å². The molecule has 0 aromatic heterocycles. The van der Waals surface area contributed by atoms with Crippen molar-refractivity contribution in [1.29, 1.82) is 0 Å². The number of hydrogen-bond donors (Lipinski definition) is 1. The lowest BCUT2D eigenvalue weighted by Gasteiger charge is -2.17. The van der Waals surface area contributed by atoms with E-state index >= 15 is 0 Å². The molecule has 0 fully saturated rings. The number of hydrogen-bond acceptors (Lipinski definition) is 2. The average Bonchev–Trinajstić information content (AvgIpc) is 2.29. The Balaban J connectivity index is 2.13. The molecule has 1 aromatic rings. The smallest absolute Gasteiger partial charge is 0.0104 e. The van der Waals surface area contributed by atoms with E-state index in [1.807, 2.05) is 11.8 Å². The highest BCUT2D eigenvalue weighted by atomic mass is 32.2. The zero-order valence-corrected chi connectivity index (χ0v) is 10.1. The molecular weight excluding hydrogens is 202 g/mol. The third-order valence-electron chi connectivity index (χ3n) is 2.96. The Hall–Kier alpha value is -0.470. The summed E-state index contributed by atoms with van der Waals surface area (Å²) in [6.07, 6.45) is 3.70. The van der Waals surface area contributed by atoms with Crippen molar-refractivity contribution >= 4 is 11.8 Å². The SMILES string of the molecule is CC(CN)Cc1ccc2c(c1)CCCS2. The van der Waals surface area contributed by atoms with Gasteiger partial charge in [-0.1, -0.05) is 19.1 Å². The number of benzene rings is 1. The van der Waals surface area contributed by atoms with Crippen molar-refractivity contribution in [2.24, 2.45) is 11.7 Å². The molecule has 82 valence electrons. The molecule has 1 atom stereocenters. The molecule has 1 heterocycles. The fraction of sp³-hybridized carbons (Fsp3) is 0.538. The van der Waals surface area contributed by atoms with Gasteiger partial charge in [-0.15, -0.1) is 11.8 Å². The number of nitrogens with two attached hydrogens (primary N) is 1. The molecule has 0 amide bonds. The van der Waals surface area contributed by atoms with Crippen LogP contribution in [0.15, 0.2) is 23.1 Å². The van der Waals surface area contributed by atoms with Gasteiger partial charge in [-0.3, -0.25) is 0 Å². The van der Waals surface area contributed by atoms with Crippen LogP contribution in [0.2, 0.25) is 0 Å². The van der Waals surface area contributed by atoms with E-state index in [0.717, 1.165) is 13.0 Å². The molecule has 0 saturated heterocycles. The molecular formula is C13H19NS. The second kappa shape index (κ2) is 5.04. The molecule has 0 saturated carbocycles. The lowest BCUT2D eigenvalue weighted by Crippen LogP contribution is -2.13. The van der Waals surface area contributed by atoms with Crippen LogP contribution in [0.3, 0.4) is 0 Å². The minimum absolute atomic E-state index is 0.597. The minimum atomic E-state index is 0.597. The summed E-state index contributed by atoms with van der Waals surface area (Å²) >= 11 is 2.00. The summed E-state index contributed by atoms with van der Waals surface area (Å²) in [6.45, 7) is 3.00. The predicted octanol–water partition coefficient (Wildman–Crippen LogP) is 2.86. The number of thioether (sulfide) groups is 1. The predicted molar refractivity (Wildman–Crippen MR) is 67.4 cm³/mol. The number of aryl methyl sites for hydroxylation is 1. The van der Waals surface area contributed by atoms with E-state index in [0.29, 0.717) is 5.92 Å². The molecule has 2 rings (SSSR count). The van der Waals surface area contributed by atoms with Crippen LogP contribution in [-0.2, 0) is 12.8 Å². The van der Waals surface area contributed by atoms with Gasteiger partial charge < -0.3 is 5.73 Å². The van der Waals surface area contributed by atoms with Gasteiger partial charge in [-0.2, -0.15) is 0 Å². The third kappa shape index (κ3) is 2.76. The van der Waals surface area contributed by atoms with Crippen LogP contribution in [0, 0.1) is 5.92 Å². The lowest BCUT2D eigenvalue weighted by atomic mass is 9.98. The standard InChI is InChI=1S/C13H19NS/c1-10(9-14)7-11-4-5-13-12(8-11)3-2-6-15-13/h4-5,8,10H,2-3,6-7,9,14H2,1H3. The van der Waals surface area contributed by atoms with Gasteiger partial charge in [0.05, 0.1) is 0 Å². The largest absolute Gasteiger partial charge is 0.330 e. The summed E-state index contributed by atoms with van der Waals surface area (Å²) in [6, 6.07) is 6.94. The van der Waals surface area contributed by atoms with Crippen molar-refractivity contribution in [1.82, 2.24) is 0 Å². The van der Waals surface area contributed by atoms with E-state index in [9.17, 15) is 0 Å². The molecule has 0 bridgehead atoms. The van der Waals surface area contributed by atoms with Gasteiger partial charge in [-0.25, -0.2) is 0 Å². The van der Waals surface area contributed by atoms with Crippen molar-refractivity contribution in [3.8, 4) is 0 Å². The zero-order valence-electron chi connectivity index (χ0n) is 9.33. The van der Waals surface area contributed by atoms with Crippen LogP contribution in [0.5, 0.6) is 0 Å². The molecule has 1 unspecified atom stereocenters. The van der Waals surface area contributed by atoms with E-state index < -0.39 is 0 Å². The normalized spacial score (nSPS) is 17.2. The summed E-state index contributed by atoms with van der Waals surface area (Å²) in [5, 5.41) is 0. The summed E-state index contributed by atoms with van der Waals surface area (Å²) in [4.78, 5) is 1.49. The molecule has 1 aliphatic heterocycles. The maximum atomic E-state index is 5.65. The highest BCUT2D eigenvalue weighted by molar-refractivity contribution is 7.99. The van der Waals surface area contributed by atoms with Crippen LogP contribution in [-0.4, -0.2) is 12.3 Å². The molecule has 0 spiro atoms. The molecule has 0 radical (unpaired) electrons. The van der Waals surface area contributed by atoms with Crippen molar-refractivity contribution in [2.75, 3.05) is 12.3 Å². The van der Waals surface area contributed by atoms with E-state index in [2.05, 4.69) is 25.1 Å². The Morgan fingerprint density at radius 2 is 2.33 bits per heavy atom. The Bertz CT molecular complexity index is 335. The third-order valence-corrected chi connectivity index (χ3v) is 4.16. The van der Waals surface area contributed by atoms with Crippen LogP contribution in [0.1, 0.15) is 24.5 Å². The van der Waals surface area contributed by atoms with Crippen LogP contribution >= 0.6 is 11.8 Å². The van der Waals surface area contributed by atoms with Crippen molar-refractivity contribution in [2.45, 2.75) is 31.1 Å². The zero-order chi connectivity index (χ0) is 10.7. The van der Waals surface area contributed by atoms with E-state index in [1.54, 1.807) is 5.56 Å². The molecule has 1 nitrogen and oxygen atoms in total. The van der Waals surface area contributed by atoms with Gasteiger partial charge >= 0.3 is 0 Å². The van der Waals surface area contributed by atoms with Crippen molar-refractivity contribution < 1.29 is 0 Å². The second-order valence-corrected chi connectivity index (χ2v) is 5.58. The summed E-state index contributed by atoms with van der Waals surface area (Å²) in [7, 11) is 0. The summed E-state index contributed by atoms with van der Waals surface area (Å²) in [5.74, 6) is 1.88. The molecule has 2 heteroatoms. The maximum Gasteiger partial charge on any atom is 0.0104 e. The van der Waals surface area contributed by atoms with Crippen molar-refractivity contribution in [3.63, 3.8) is 0 Å². The monoisotopic (exact) mass is 221 g/mol. The lowest BCUT2D eigenvalue weighted by molar-refractivity contribution is 0.592. The molecule has 15 heavy (non-hydrogen) atoms. The second-order valence-electron chi connectivity index (χ2n) is 4.44. The molecule has 2 N–H and O–H groups in total. The summed E-state index contributed by atoms with van der Waals surface area (Å²) < 4.78 is 0. The quantitative estimate of drug-likeness (QED) is 0.849. The molecule has 1 aliphatic rings. The average molecular weight is 221 g/mol. The highest BCUT2D eigenvalue weighted by Crippen LogP contribution is 2.30. The first-order valence-electron chi connectivity index (χ1n) is 5.74. The van der Waals surface area contributed by atoms with Crippen LogP contribution < -0.4 is 5.73 Å². The van der Waals surface area contributed by atoms with Gasteiger partial charge in [0.25, 0.3) is 0 Å². The Labute approximate surface area is 96.4 Å². The first-order valence-corrected chi connectivity index (χ1v) is 6.73. The van der Waals surface area contributed by atoms with Gasteiger partial charge in [0.2, 0.25) is 0 Å². The first-order chi connectivity index (χ1) is 7.29. The number of fused-ring (bicyclic) bond motifs is 1. The fourth-order valence-electron chi connectivity index (χ4n) is 2.03. The maximum absolute atomic E-state index is 5.65. The van der Waals surface area contributed by atoms with Gasteiger partial charge in [0.15, 0.2) is 0 Å². The minimum Gasteiger partial charge on any atom is -0.330 e. The Morgan fingerprint density at radius 1 is 1.47 bits per heavy atom. The van der Waals surface area contributed by atoms with E-state index in [4.69, 9.17) is 5.73 Å².